The fourth-order valence-corrected chi connectivity index (χ4v) is 17.1. The van der Waals surface area contributed by atoms with Crippen LogP contribution in [0.2, 0.25) is 0 Å². The van der Waals surface area contributed by atoms with Gasteiger partial charge in [0.25, 0.3) is 0 Å². The summed E-state index contributed by atoms with van der Waals surface area (Å²) in [6.45, 7) is -3.45. The monoisotopic (exact) mass is 1470 g/mol. The van der Waals surface area contributed by atoms with Crippen LogP contribution in [0.4, 0.5) is 0 Å². The van der Waals surface area contributed by atoms with Gasteiger partial charge in [-0.2, -0.15) is 21.0 Å². The summed E-state index contributed by atoms with van der Waals surface area (Å²) >= 11 is 1.62. The van der Waals surface area contributed by atoms with Gasteiger partial charge in [-0.25, -0.2) is 9.98 Å². The highest BCUT2D eigenvalue weighted by atomic mass is 32.1. The van der Waals surface area contributed by atoms with Crippen molar-refractivity contribution in [1.29, 1.82) is 21.0 Å². The Balaban J connectivity index is 1.07. The molecule has 0 radical (unpaired) electrons. The summed E-state index contributed by atoms with van der Waals surface area (Å²) in [5.41, 5.74) is -13.3. The first kappa shape index (κ1) is 70.3. The number of carbonyl (C=O) groups is 8. The number of rotatable bonds is 20. The third kappa shape index (κ3) is 11.8. The summed E-state index contributed by atoms with van der Waals surface area (Å²) < 4.78 is 38.7. The molecule has 0 bridgehead atoms. The van der Waals surface area contributed by atoms with Gasteiger partial charge in [-0.15, -0.1) is 22.7 Å². The van der Waals surface area contributed by atoms with Gasteiger partial charge in [0.15, 0.2) is 0 Å². The first-order chi connectivity index (χ1) is 53.2. The SMILES string of the molecule is N#CC(C#N)=C1/C(=N/C2=Cc3sc4c(c3C2(C(=O)OCc2ccccc2)C(=O)OCc2ccccc2)C(C(=O)OCc2ccccc2)(C(=O)OCc2ccccc2)c2c-4sc3c2C(C(=O)OCc2ccccc2)(C(=O)OCc2ccccc2)C(/N=C2/C(=O)c4ccccc4C2=C(C#N)C#N)=C3)C(=O)c2ccccc21. The van der Waals surface area contributed by atoms with E-state index in [-0.39, 0.29) is 52.9 Å². The van der Waals surface area contributed by atoms with Gasteiger partial charge in [0, 0.05) is 54.3 Å². The smallest absolute Gasteiger partial charge is 0.334 e. The Morgan fingerprint density at radius 1 is 0.312 bits per heavy atom. The van der Waals surface area contributed by atoms with Crippen LogP contribution in [0.3, 0.4) is 0 Å². The number of benzene rings is 8. The fourth-order valence-electron chi connectivity index (χ4n) is 14.2. The number of allylic oxidation sites excluding steroid dienone is 4. The molecule has 0 unspecified atom stereocenters. The molecule has 2 heterocycles. The summed E-state index contributed by atoms with van der Waals surface area (Å²) in [6, 6.07) is 69.6. The zero-order chi connectivity index (χ0) is 75.6. The van der Waals surface area contributed by atoms with E-state index in [2.05, 4.69) is 0 Å². The quantitative estimate of drug-likeness (QED) is 0.0296. The molecule has 10 aromatic rings. The topological polar surface area (TPSA) is 312 Å². The second-order valence-electron chi connectivity index (χ2n) is 25.4. The molecule has 2 aromatic heterocycles. The molecular formula is C87H52N6O14S2. The second kappa shape index (κ2) is 29.3. The maximum Gasteiger partial charge on any atom is 0.334 e. The lowest BCUT2D eigenvalue weighted by atomic mass is 9.67. The highest BCUT2D eigenvalue weighted by Crippen LogP contribution is 2.68. The number of nitrogens with zero attached hydrogens (tertiary/aromatic N) is 6. The van der Waals surface area contributed by atoms with Crippen LogP contribution in [0.15, 0.2) is 263 Å². The average molecular weight is 1470 g/mol. The van der Waals surface area contributed by atoms with Crippen molar-refractivity contribution in [2.24, 2.45) is 9.98 Å². The van der Waals surface area contributed by atoms with Crippen molar-refractivity contribution in [3.8, 4) is 34.0 Å². The van der Waals surface area contributed by atoms with E-state index in [1.807, 2.05) is 24.3 Å². The first-order valence-corrected chi connectivity index (χ1v) is 35.5. The van der Waals surface area contributed by atoms with Crippen LogP contribution in [0, 0.1) is 45.3 Å². The molecule has 20 nitrogen and oxygen atoms in total. The Hall–Kier alpha value is -14.4. The molecule has 22 heteroatoms. The molecule has 0 N–H and O–H groups in total. The minimum atomic E-state index is -3.32. The van der Waals surface area contributed by atoms with Crippen LogP contribution in [-0.2, 0) is 113 Å². The lowest BCUT2D eigenvalue weighted by Crippen LogP contribution is -2.53. The summed E-state index contributed by atoms with van der Waals surface area (Å²) in [5, 5.41) is 42.6. The van der Waals surface area contributed by atoms with Crippen LogP contribution >= 0.6 is 22.7 Å². The molecule has 8 aromatic carbocycles. The van der Waals surface area contributed by atoms with Gasteiger partial charge >= 0.3 is 35.8 Å². The van der Waals surface area contributed by atoms with Gasteiger partial charge in [-0.3, -0.25) is 38.4 Å². The number of esters is 6. The lowest BCUT2D eigenvalue weighted by molar-refractivity contribution is -0.168. The Kier molecular flexibility index (Phi) is 18.9. The van der Waals surface area contributed by atoms with Crippen LogP contribution in [-0.4, -0.2) is 58.8 Å². The molecular weight excluding hydrogens is 1420 g/mol. The number of hydrogen-bond donors (Lipinski definition) is 0. The largest absolute Gasteiger partial charge is 0.459 e. The van der Waals surface area contributed by atoms with Gasteiger partial charge in [0.05, 0.1) is 21.1 Å². The minimum Gasteiger partial charge on any atom is -0.459 e. The Morgan fingerprint density at radius 2 is 0.541 bits per heavy atom. The molecule has 0 spiro atoms. The lowest BCUT2D eigenvalue weighted by Gasteiger charge is -2.35. The first-order valence-electron chi connectivity index (χ1n) is 33.8. The van der Waals surface area contributed by atoms with Crippen LogP contribution < -0.4 is 0 Å². The maximum atomic E-state index is 17.4. The van der Waals surface area contributed by atoms with E-state index in [9.17, 15) is 21.0 Å². The van der Waals surface area contributed by atoms with Gasteiger partial charge < -0.3 is 28.4 Å². The Bertz CT molecular complexity index is 5400. The highest BCUT2D eigenvalue weighted by molar-refractivity contribution is 7.24. The van der Waals surface area contributed by atoms with Crippen molar-refractivity contribution in [1.82, 2.24) is 0 Å². The van der Waals surface area contributed by atoms with E-state index in [1.54, 1.807) is 206 Å². The van der Waals surface area contributed by atoms with Gasteiger partial charge in [0.1, 0.15) is 86.5 Å². The number of ether oxygens (including phenoxy) is 6. The van der Waals surface area contributed by atoms with E-state index in [1.165, 1.54) is 36.4 Å². The zero-order valence-electron chi connectivity index (χ0n) is 57.1. The van der Waals surface area contributed by atoms with E-state index in [4.69, 9.17) is 38.4 Å². The number of nitriles is 4. The Morgan fingerprint density at radius 3 is 0.789 bits per heavy atom. The number of ketones is 2. The number of thiophene rings is 2. The summed E-state index contributed by atoms with van der Waals surface area (Å²) in [6.07, 6.45) is 2.56. The molecule has 0 saturated heterocycles. The third-order valence-corrected chi connectivity index (χ3v) is 21.6. The number of hydrogen-bond acceptors (Lipinski definition) is 22. The number of carbonyl (C=O) groups excluding carboxylic acids is 8. The average Bonchev–Trinajstić information content (AvgIpc) is 1.48. The molecule has 5 aliphatic rings. The molecule has 15 rings (SSSR count). The van der Waals surface area contributed by atoms with E-state index < -0.39 is 159 Å². The molecule has 526 valence electrons. The second-order valence-corrected chi connectivity index (χ2v) is 27.5. The Labute approximate surface area is 629 Å². The van der Waals surface area contributed by atoms with E-state index in [0.29, 0.717) is 33.4 Å². The van der Waals surface area contributed by atoms with Crippen LogP contribution in [0.5, 0.6) is 0 Å². The van der Waals surface area contributed by atoms with Crippen LogP contribution in [0.25, 0.3) is 33.1 Å². The molecule has 0 atom stereocenters. The predicted octanol–water partition coefficient (Wildman–Crippen LogP) is 14.0. The van der Waals surface area contributed by atoms with Gasteiger partial charge in [0.2, 0.25) is 27.8 Å². The summed E-state index contributed by atoms with van der Waals surface area (Å²) in [4.78, 5) is 142. The van der Waals surface area contributed by atoms with E-state index >= 15 is 38.4 Å². The van der Waals surface area contributed by atoms with Crippen molar-refractivity contribution in [3.63, 3.8) is 0 Å². The molecule has 0 amide bonds. The van der Waals surface area contributed by atoms with Crippen molar-refractivity contribution in [2.45, 2.75) is 55.9 Å². The molecule has 0 saturated carbocycles. The van der Waals surface area contributed by atoms with Crippen molar-refractivity contribution in [2.75, 3.05) is 0 Å². The molecule has 0 aliphatic heterocycles. The number of fused-ring (bicyclic) bond motifs is 9. The van der Waals surface area contributed by atoms with Gasteiger partial charge in [-0.05, 0) is 56.7 Å². The zero-order valence-corrected chi connectivity index (χ0v) is 58.7. The van der Waals surface area contributed by atoms with E-state index in [0.717, 1.165) is 22.7 Å². The number of Topliss-reactive ketones (excluding diaryl/α,β-unsaturated/α-hetero) is 2. The molecule has 0 fully saturated rings. The normalized spacial score (nSPS) is 15.2. The summed E-state index contributed by atoms with van der Waals surface area (Å²) in [5.74, 6) is -10.5. The highest BCUT2D eigenvalue weighted by Gasteiger charge is 2.72. The predicted molar refractivity (Wildman–Crippen MR) is 398 cm³/mol. The number of aliphatic imine (C=N–C) groups is 2. The molecule has 109 heavy (non-hydrogen) atoms. The van der Waals surface area contributed by atoms with Gasteiger partial charge in [-0.1, -0.05) is 231 Å². The molecule has 5 aliphatic carbocycles. The van der Waals surface area contributed by atoms with Crippen molar-refractivity contribution >= 4 is 105 Å². The minimum absolute atomic E-state index is 0.00659. The fraction of sp³-hybridized carbons (Fsp3) is 0.103. The maximum absolute atomic E-state index is 17.4. The van der Waals surface area contributed by atoms with Crippen molar-refractivity contribution in [3.05, 3.63) is 341 Å². The van der Waals surface area contributed by atoms with Crippen LogP contribution in [0.1, 0.15) is 97.2 Å². The summed E-state index contributed by atoms with van der Waals surface area (Å²) in [7, 11) is 0. The van der Waals surface area contributed by atoms with Crippen molar-refractivity contribution < 1.29 is 66.8 Å². The third-order valence-electron chi connectivity index (χ3n) is 19.2. The standard InChI is InChI=1S/C87H52N6O14S2/c88-41-57(42-89)67-59-35-19-21-37-61(59)75(94)73(67)92-65-39-63-69(85(65,79(96)102-45-51-23-7-1-8-24-51)80(97)103-46-52-25-9-2-10-26-52)71-77(108-63)78-72(87(71,83(100)106-49-55-31-15-5-16-32-55)84(101)107-50-56-33-17-6-18-34-56)70-64(109-78)40-66(93-74-68(58(43-90)44-91)60-36-20-22-38-62(60)76(74)95)86(70,81(98)104-47-53-27-11-3-12-28-53)82(99)105-48-54-29-13-4-14-30-54/h1-40H,45-50H2/b92-73-,93-74+.